The standard InChI is InChI=1S/C19H30N2O2/c1-22-18-6-5-17(19(11-18)23-2)14-21(12-15-3-4-15)13-16-7-9-20-10-8-16/h5-6,11,15-16,20H,3-4,7-10,12-14H2,1-2H3. The second-order valence-corrected chi connectivity index (χ2v) is 7.01. The summed E-state index contributed by atoms with van der Waals surface area (Å²) in [4.78, 5) is 2.65. The summed E-state index contributed by atoms with van der Waals surface area (Å²) in [5.74, 6) is 3.55. The normalized spacial score (nSPS) is 19.1. The highest BCUT2D eigenvalue weighted by Gasteiger charge is 2.26. The SMILES string of the molecule is COc1ccc(CN(CC2CCNCC2)CC2CC2)c(OC)c1. The van der Waals surface area contributed by atoms with Crippen LogP contribution in [-0.4, -0.2) is 45.3 Å². The Hall–Kier alpha value is -1.26. The zero-order valence-electron chi connectivity index (χ0n) is 14.5. The van der Waals surface area contributed by atoms with Crippen LogP contribution in [0, 0.1) is 11.8 Å². The lowest BCUT2D eigenvalue weighted by Gasteiger charge is -2.30. The summed E-state index contributed by atoms with van der Waals surface area (Å²) in [6.45, 7) is 5.78. The zero-order valence-corrected chi connectivity index (χ0v) is 14.5. The first kappa shape index (κ1) is 16.6. The summed E-state index contributed by atoms with van der Waals surface area (Å²) in [6, 6.07) is 6.19. The molecule has 1 aromatic rings. The minimum absolute atomic E-state index is 0.833. The molecule has 1 aliphatic carbocycles. The third-order valence-electron chi connectivity index (χ3n) is 5.08. The molecule has 1 aliphatic heterocycles. The molecule has 2 fully saturated rings. The number of hydrogen-bond acceptors (Lipinski definition) is 4. The van der Waals surface area contributed by atoms with Crippen molar-refractivity contribution < 1.29 is 9.47 Å². The predicted molar refractivity (Wildman–Crippen MR) is 93.1 cm³/mol. The van der Waals surface area contributed by atoms with Gasteiger partial charge in [0.25, 0.3) is 0 Å². The summed E-state index contributed by atoms with van der Waals surface area (Å²) in [7, 11) is 3.45. The van der Waals surface area contributed by atoms with E-state index in [1.165, 1.54) is 57.4 Å². The molecule has 3 rings (SSSR count). The molecule has 2 aliphatic rings. The van der Waals surface area contributed by atoms with E-state index in [9.17, 15) is 0 Å². The average Bonchev–Trinajstić information content (AvgIpc) is 3.40. The first-order chi connectivity index (χ1) is 11.3. The van der Waals surface area contributed by atoms with Crippen molar-refractivity contribution >= 4 is 0 Å². The smallest absolute Gasteiger partial charge is 0.127 e. The molecule has 1 saturated carbocycles. The van der Waals surface area contributed by atoms with Crippen LogP contribution in [0.15, 0.2) is 18.2 Å². The zero-order chi connectivity index (χ0) is 16.1. The van der Waals surface area contributed by atoms with Crippen molar-refractivity contribution in [1.29, 1.82) is 0 Å². The predicted octanol–water partition coefficient (Wildman–Crippen LogP) is 2.92. The van der Waals surface area contributed by atoms with Crippen molar-refractivity contribution in [1.82, 2.24) is 10.2 Å². The van der Waals surface area contributed by atoms with E-state index in [4.69, 9.17) is 9.47 Å². The number of benzene rings is 1. The second-order valence-electron chi connectivity index (χ2n) is 7.01. The van der Waals surface area contributed by atoms with Gasteiger partial charge in [0.05, 0.1) is 14.2 Å². The number of hydrogen-bond donors (Lipinski definition) is 1. The van der Waals surface area contributed by atoms with Gasteiger partial charge in [-0.15, -0.1) is 0 Å². The molecule has 0 amide bonds. The second kappa shape index (κ2) is 8.02. The van der Waals surface area contributed by atoms with E-state index in [2.05, 4.69) is 16.3 Å². The Bertz CT molecular complexity index is 496. The Morgan fingerprint density at radius 3 is 2.30 bits per heavy atom. The minimum atomic E-state index is 0.833. The molecule has 0 unspecified atom stereocenters. The summed E-state index contributed by atoms with van der Waals surface area (Å²) in [6.07, 6.45) is 5.42. The Balaban J connectivity index is 1.66. The Kier molecular flexibility index (Phi) is 5.79. The third-order valence-corrected chi connectivity index (χ3v) is 5.08. The van der Waals surface area contributed by atoms with Gasteiger partial charge in [-0.2, -0.15) is 0 Å². The van der Waals surface area contributed by atoms with Gasteiger partial charge in [-0.3, -0.25) is 4.90 Å². The maximum Gasteiger partial charge on any atom is 0.127 e. The van der Waals surface area contributed by atoms with Crippen molar-refractivity contribution in [2.24, 2.45) is 11.8 Å². The lowest BCUT2D eigenvalue weighted by molar-refractivity contribution is 0.190. The van der Waals surface area contributed by atoms with E-state index < -0.39 is 0 Å². The third kappa shape index (κ3) is 4.85. The first-order valence-electron chi connectivity index (χ1n) is 8.92. The van der Waals surface area contributed by atoms with Crippen LogP contribution in [0.3, 0.4) is 0 Å². The Labute approximate surface area is 140 Å². The van der Waals surface area contributed by atoms with E-state index in [1.54, 1.807) is 14.2 Å². The molecule has 23 heavy (non-hydrogen) atoms. The van der Waals surface area contributed by atoms with Crippen LogP contribution in [0.4, 0.5) is 0 Å². The highest BCUT2D eigenvalue weighted by molar-refractivity contribution is 5.40. The molecule has 1 N–H and O–H groups in total. The number of rotatable bonds is 8. The van der Waals surface area contributed by atoms with Gasteiger partial charge in [-0.05, 0) is 56.7 Å². The molecular weight excluding hydrogens is 288 g/mol. The van der Waals surface area contributed by atoms with Crippen molar-refractivity contribution in [2.75, 3.05) is 40.4 Å². The van der Waals surface area contributed by atoms with Crippen LogP contribution >= 0.6 is 0 Å². The topological polar surface area (TPSA) is 33.7 Å². The highest BCUT2D eigenvalue weighted by atomic mass is 16.5. The maximum atomic E-state index is 5.58. The number of piperidine rings is 1. The fourth-order valence-electron chi connectivity index (χ4n) is 3.52. The Morgan fingerprint density at radius 1 is 1.00 bits per heavy atom. The summed E-state index contributed by atoms with van der Waals surface area (Å²) >= 11 is 0. The molecule has 4 heteroatoms. The monoisotopic (exact) mass is 318 g/mol. The van der Waals surface area contributed by atoms with Gasteiger partial charge in [0.1, 0.15) is 11.5 Å². The van der Waals surface area contributed by atoms with E-state index in [1.807, 2.05) is 12.1 Å². The molecule has 0 bridgehead atoms. The molecule has 0 aromatic heterocycles. The van der Waals surface area contributed by atoms with Gasteiger partial charge in [0, 0.05) is 31.3 Å². The maximum absolute atomic E-state index is 5.58. The van der Waals surface area contributed by atoms with Crippen molar-refractivity contribution in [3.63, 3.8) is 0 Å². The molecule has 128 valence electrons. The largest absolute Gasteiger partial charge is 0.497 e. The lowest BCUT2D eigenvalue weighted by Crippen LogP contribution is -2.36. The molecule has 1 saturated heterocycles. The van der Waals surface area contributed by atoms with Crippen LogP contribution < -0.4 is 14.8 Å². The molecule has 0 spiro atoms. The quantitative estimate of drug-likeness (QED) is 0.799. The van der Waals surface area contributed by atoms with Crippen LogP contribution in [0.25, 0.3) is 0 Å². The lowest BCUT2D eigenvalue weighted by atomic mass is 9.97. The van der Waals surface area contributed by atoms with E-state index in [-0.39, 0.29) is 0 Å². The van der Waals surface area contributed by atoms with Crippen LogP contribution in [-0.2, 0) is 6.54 Å². The number of nitrogens with zero attached hydrogens (tertiary/aromatic N) is 1. The van der Waals surface area contributed by atoms with Crippen LogP contribution in [0.1, 0.15) is 31.2 Å². The highest BCUT2D eigenvalue weighted by Crippen LogP contribution is 2.32. The van der Waals surface area contributed by atoms with Crippen molar-refractivity contribution in [3.8, 4) is 11.5 Å². The van der Waals surface area contributed by atoms with Gasteiger partial charge in [-0.25, -0.2) is 0 Å². The number of nitrogens with one attached hydrogen (secondary N) is 1. The molecule has 0 radical (unpaired) electrons. The van der Waals surface area contributed by atoms with Gasteiger partial charge >= 0.3 is 0 Å². The van der Waals surface area contributed by atoms with Gasteiger partial charge in [0.15, 0.2) is 0 Å². The summed E-state index contributed by atoms with van der Waals surface area (Å²) < 4.78 is 10.9. The number of methoxy groups -OCH3 is 2. The summed E-state index contributed by atoms with van der Waals surface area (Å²) in [5.41, 5.74) is 1.27. The number of ether oxygens (including phenoxy) is 2. The molecule has 1 heterocycles. The van der Waals surface area contributed by atoms with Gasteiger partial charge < -0.3 is 14.8 Å². The van der Waals surface area contributed by atoms with E-state index >= 15 is 0 Å². The average molecular weight is 318 g/mol. The fourth-order valence-corrected chi connectivity index (χ4v) is 3.52. The Morgan fingerprint density at radius 2 is 1.70 bits per heavy atom. The fraction of sp³-hybridized carbons (Fsp3) is 0.684. The van der Waals surface area contributed by atoms with Gasteiger partial charge in [-0.1, -0.05) is 6.07 Å². The van der Waals surface area contributed by atoms with E-state index in [0.717, 1.165) is 29.9 Å². The first-order valence-corrected chi connectivity index (χ1v) is 8.92. The molecular formula is C19H30N2O2. The molecule has 1 aromatic carbocycles. The molecule has 4 nitrogen and oxygen atoms in total. The minimum Gasteiger partial charge on any atom is -0.497 e. The van der Waals surface area contributed by atoms with Gasteiger partial charge in [0.2, 0.25) is 0 Å². The van der Waals surface area contributed by atoms with Crippen LogP contribution in [0.5, 0.6) is 11.5 Å². The van der Waals surface area contributed by atoms with Crippen molar-refractivity contribution in [2.45, 2.75) is 32.2 Å². The van der Waals surface area contributed by atoms with Crippen molar-refractivity contribution in [3.05, 3.63) is 23.8 Å². The summed E-state index contributed by atoms with van der Waals surface area (Å²) in [5, 5.41) is 3.47. The molecule has 0 atom stereocenters. The van der Waals surface area contributed by atoms with E-state index in [0.29, 0.717) is 0 Å². The van der Waals surface area contributed by atoms with Crippen LogP contribution in [0.2, 0.25) is 0 Å².